The molecule has 0 saturated carbocycles. The van der Waals surface area contributed by atoms with Crippen molar-refractivity contribution in [1.82, 2.24) is 4.90 Å². The number of unbranched alkanes of at least 4 members (excludes halogenated alkanes) is 22. The van der Waals surface area contributed by atoms with Crippen LogP contribution >= 0.6 is 0 Å². The molecule has 0 saturated heterocycles. The number of esters is 2. The van der Waals surface area contributed by atoms with Gasteiger partial charge in [-0.15, -0.1) is 0 Å². The Labute approximate surface area is 312 Å². The zero-order valence-electron chi connectivity index (χ0n) is 34.1. The Balaban J connectivity index is 4.00. The van der Waals surface area contributed by atoms with Crippen molar-refractivity contribution in [1.29, 1.82) is 0 Å². The fourth-order valence-corrected chi connectivity index (χ4v) is 6.94. The molecule has 1 atom stereocenters. The van der Waals surface area contributed by atoms with E-state index in [1.807, 2.05) is 6.92 Å². The van der Waals surface area contributed by atoms with Crippen molar-refractivity contribution in [2.24, 2.45) is 0 Å². The maximum Gasteiger partial charge on any atom is 0.306 e. The number of aliphatic hydroxyl groups excluding tert-OH is 1. The Kier molecular flexibility index (Phi) is 38.2. The molecule has 298 valence electrons. The van der Waals surface area contributed by atoms with Crippen LogP contribution in [-0.2, 0) is 19.1 Å². The number of hydrogen-bond donors (Lipinski definition) is 1. The topological polar surface area (TPSA) is 76.1 Å². The Bertz CT molecular complexity index is 701. The first-order chi connectivity index (χ1) is 24.5. The number of ether oxygens (including phenoxy) is 2. The first-order valence-electron chi connectivity index (χ1n) is 22.2. The lowest BCUT2D eigenvalue weighted by Crippen LogP contribution is -2.29. The lowest BCUT2D eigenvalue weighted by molar-refractivity contribution is -0.150. The molecule has 1 N–H and O–H groups in total. The molecule has 0 rings (SSSR count). The third-order valence-corrected chi connectivity index (χ3v) is 10.2. The van der Waals surface area contributed by atoms with Gasteiger partial charge in [0.15, 0.2) is 0 Å². The van der Waals surface area contributed by atoms with E-state index in [9.17, 15) is 14.7 Å². The molecule has 0 aromatic rings. The van der Waals surface area contributed by atoms with Crippen LogP contribution in [0.25, 0.3) is 0 Å². The molecule has 0 aliphatic heterocycles. The van der Waals surface area contributed by atoms with Crippen molar-refractivity contribution in [3.05, 3.63) is 0 Å². The predicted octanol–water partition coefficient (Wildman–Crippen LogP) is 12.7. The van der Waals surface area contributed by atoms with E-state index in [0.29, 0.717) is 12.8 Å². The molecule has 0 aliphatic carbocycles. The highest BCUT2D eigenvalue weighted by Gasteiger charge is 2.14. The fraction of sp³-hybridized carbons (Fsp3) is 0.955. The third-order valence-electron chi connectivity index (χ3n) is 10.2. The Morgan fingerprint density at radius 2 is 0.820 bits per heavy atom. The van der Waals surface area contributed by atoms with Gasteiger partial charge in [0.05, 0.1) is 12.7 Å². The Hall–Kier alpha value is -1.14. The molecule has 0 fully saturated rings. The summed E-state index contributed by atoms with van der Waals surface area (Å²) >= 11 is 0. The van der Waals surface area contributed by atoms with Gasteiger partial charge in [0.25, 0.3) is 0 Å². The van der Waals surface area contributed by atoms with Gasteiger partial charge in [-0.05, 0) is 84.2 Å². The molecule has 0 heterocycles. The van der Waals surface area contributed by atoms with Gasteiger partial charge in [0.1, 0.15) is 6.10 Å². The first kappa shape index (κ1) is 48.9. The molecule has 50 heavy (non-hydrogen) atoms. The van der Waals surface area contributed by atoms with Crippen LogP contribution in [0.3, 0.4) is 0 Å². The summed E-state index contributed by atoms with van der Waals surface area (Å²) in [6, 6.07) is 0. The minimum atomic E-state index is -0.0358. The Morgan fingerprint density at radius 3 is 1.26 bits per heavy atom. The quantitative estimate of drug-likeness (QED) is 0.0504. The van der Waals surface area contributed by atoms with E-state index in [1.54, 1.807) is 0 Å². The number of rotatable bonds is 40. The van der Waals surface area contributed by atoms with Crippen molar-refractivity contribution in [3.63, 3.8) is 0 Å². The van der Waals surface area contributed by atoms with E-state index >= 15 is 0 Å². The molecule has 0 amide bonds. The highest BCUT2D eigenvalue weighted by atomic mass is 16.5. The molecule has 6 heteroatoms. The van der Waals surface area contributed by atoms with Crippen LogP contribution in [0.15, 0.2) is 0 Å². The number of carbonyl (C=O) groups is 2. The number of carbonyl (C=O) groups excluding carboxylic acids is 2. The van der Waals surface area contributed by atoms with Gasteiger partial charge in [0.2, 0.25) is 0 Å². The number of aliphatic hydroxyl groups is 1. The minimum Gasteiger partial charge on any atom is -0.463 e. The molecule has 0 radical (unpaired) electrons. The second-order valence-electron chi connectivity index (χ2n) is 15.3. The zero-order valence-corrected chi connectivity index (χ0v) is 34.1. The van der Waals surface area contributed by atoms with Gasteiger partial charge in [-0.1, -0.05) is 149 Å². The van der Waals surface area contributed by atoms with Crippen molar-refractivity contribution in [3.8, 4) is 0 Å². The van der Waals surface area contributed by atoms with Crippen molar-refractivity contribution in [2.45, 2.75) is 245 Å². The summed E-state index contributed by atoms with van der Waals surface area (Å²) in [6.45, 7) is 11.8. The molecule has 0 spiro atoms. The summed E-state index contributed by atoms with van der Waals surface area (Å²) in [5.41, 5.74) is 0. The SMILES string of the molecule is CCCCCCCCC(CCCCCCCC)OC(=O)CCCCCCCN(CCO)CCCCCCCC(=O)O[C@H](C)CCCCCCC. The maximum atomic E-state index is 12.7. The smallest absolute Gasteiger partial charge is 0.306 e. The third kappa shape index (κ3) is 35.3. The van der Waals surface area contributed by atoms with E-state index in [0.717, 1.165) is 96.7 Å². The normalized spacial score (nSPS) is 12.2. The van der Waals surface area contributed by atoms with Crippen LogP contribution in [-0.4, -0.2) is 60.4 Å². The van der Waals surface area contributed by atoms with Crippen LogP contribution < -0.4 is 0 Å². The summed E-state index contributed by atoms with van der Waals surface area (Å²) in [6.07, 6.45) is 36.9. The first-order valence-corrected chi connectivity index (χ1v) is 22.2. The summed E-state index contributed by atoms with van der Waals surface area (Å²) in [4.78, 5) is 27.2. The molecule has 0 aromatic carbocycles. The molecule has 0 unspecified atom stereocenters. The maximum absolute atomic E-state index is 12.7. The van der Waals surface area contributed by atoms with E-state index in [2.05, 4.69) is 25.7 Å². The second kappa shape index (κ2) is 39.1. The van der Waals surface area contributed by atoms with Crippen LogP contribution in [0, 0.1) is 0 Å². The van der Waals surface area contributed by atoms with Crippen molar-refractivity contribution in [2.75, 3.05) is 26.2 Å². The van der Waals surface area contributed by atoms with Crippen LogP contribution in [0.5, 0.6) is 0 Å². The highest BCUT2D eigenvalue weighted by Crippen LogP contribution is 2.19. The van der Waals surface area contributed by atoms with Crippen molar-refractivity contribution < 1.29 is 24.2 Å². The number of hydrogen-bond acceptors (Lipinski definition) is 6. The van der Waals surface area contributed by atoms with E-state index in [-0.39, 0.29) is 30.8 Å². The van der Waals surface area contributed by atoms with E-state index < -0.39 is 0 Å². The van der Waals surface area contributed by atoms with Crippen LogP contribution in [0.2, 0.25) is 0 Å². The van der Waals surface area contributed by atoms with Gasteiger partial charge in [-0.25, -0.2) is 0 Å². The van der Waals surface area contributed by atoms with Gasteiger partial charge >= 0.3 is 11.9 Å². The van der Waals surface area contributed by atoms with Gasteiger partial charge in [-0.3, -0.25) is 9.59 Å². The fourth-order valence-electron chi connectivity index (χ4n) is 6.94. The minimum absolute atomic E-state index is 0.0131. The largest absolute Gasteiger partial charge is 0.463 e. The average molecular weight is 710 g/mol. The molecule has 0 bridgehead atoms. The van der Waals surface area contributed by atoms with Gasteiger partial charge < -0.3 is 19.5 Å². The molecule has 0 aliphatic rings. The molecular formula is C44H87NO5. The monoisotopic (exact) mass is 710 g/mol. The summed E-state index contributed by atoms with van der Waals surface area (Å²) < 4.78 is 11.6. The Morgan fingerprint density at radius 1 is 0.460 bits per heavy atom. The molecule has 6 nitrogen and oxygen atoms in total. The zero-order chi connectivity index (χ0) is 36.8. The average Bonchev–Trinajstić information content (AvgIpc) is 3.09. The van der Waals surface area contributed by atoms with Gasteiger partial charge in [0, 0.05) is 19.4 Å². The standard InChI is InChI=1S/C44H87NO5/c1-5-8-11-14-19-26-33-42(34-27-20-15-12-9-6-2)50-44(48)36-29-22-17-24-31-38-45(39-40-46)37-30-23-16-21-28-35-43(47)49-41(4)32-25-18-13-10-7-3/h41-42,46H,5-40H2,1-4H3/t41-/m1/s1. The lowest BCUT2D eigenvalue weighted by Gasteiger charge is -2.21. The lowest BCUT2D eigenvalue weighted by atomic mass is 10.0. The summed E-state index contributed by atoms with van der Waals surface area (Å²) in [7, 11) is 0. The second-order valence-corrected chi connectivity index (χ2v) is 15.3. The predicted molar refractivity (Wildman–Crippen MR) is 214 cm³/mol. The molecular weight excluding hydrogens is 622 g/mol. The summed E-state index contributed by atoms with van der Waals surface area (Å²) in [5.74, 6) is -0.0227. The van der Waals surface area contributed by atoms with Crippen LogP contribution in [0.4, 0.5) is 0 Å². The van der Waals surface area contributed by atoms with Gasteiger partial charge in [-0.2, -0.15) is 0 Å². The van der Waals surface area contributed by atoms with Crippen molar-refractivity contribution >= 4 is 11.9 Å². The van der Waals surface area contributed by atoms with Crippen LogP contribution in [0.1, 0.15) is 233 Å². The van der Waals surface area contributed by atoms with E-state index in [4.69, 9.17) is 9.47 Å². The summed E-state index contributed by atoms with van der Waals surface area (Å²) in [5, 5.41) is 9.55. The highest BCUT2D eigenvalue weighted by molar-refractivity contribution is 5.69. The molecule has 0 aromatic heterocycles. The van der Waals surface area contributed by atoms with E-state index in [1.165, 1.54) is 116 Å². The number of nitrogens with zero attached hydrogens (tertiary/aromatic N) is 1.